The highest BCUT2D eigenvalue weighted by Gasteiger charge is 2.04. The molecule has 0 aromatic heterocycles. The highest BCUT2D eigenvalue weighted by molar-refractivity contribution is 5.21. The van der Waals surface area contributed by atoms with Crippen LogP contribution >= 0.6 is 0 Å². The van der Waals surface area contributed by atoms with Crippen LogP contribution in [-0.4, -0.2) is 12.2 Å². The van der Waals surface area contributed by atoms with Crippen molar-refractivity contribution in [1.29, 1.82) is 5.39 Å². The van der Waals surface area contributed by atoms with E-state index in [2.05, 4.69) is 37.9 Å². The molecule has 0 rings (SSSR count). The van der Waals surface area contributed by atoms with Gasteiger partial charge in [-0.2, -0.15) is 0 Å². The number of aliphatic hydroxyl groups excluding tert-OH is 1. The van der Waals surface area contributed by atoms with Crippen LogP contribution in [0.2, 0.25) is 0 Å². The van der Waals surface area contributed by atoms with Gasteiger partial charge in [0.05, 0.1) is 7.11 Å². The van der Waals surface area contributed by atoms with E-state index in [9.17, 15) is 5.11 Å². The predicted octanol–water partition coefficient (Wildman–Crippen LogP) is 5.24. The molecule has 0 amide bonds. The van der Waals surface area contributed by atoms with Crippen molar-refractivity contribution in [2.45, 2.75) is 46.5 Å². The lowest BCUT2D eigenvalue weighted by Gasteiger charge is -2.03. The second-order valence-electron chi connectivity index (χ2n) is 4.88. The minimum absolute atomic E-state index is 0.138. The zero-order chi connectivity index (χ0) is 15.4. The summed E-state index contributed by atoms with van der Waals surface area (Å²) in [7, 11) is 1.40. The lowest BCUT2D eigenvalue weighted by Crippen LogP contribution is -1.91. The van der Waals surface area contributed by atoms with Crippen LogP contribution in [0, 0.1) is 5.39 Å². The van der Waals surface area contributed by atoms with Crippen LogP contribution in [-0.2, 0) is 4.74 Å². The summed E-state index contributed by atoms with van der Waals surface area (Å²) in [6.07, 6.45) is 10.7. The first kappa shape index (κ1) is 18.0. The number of allylic oxidation sites excluding steroid dienone is 6. The fraction of sp³-hybridized carbons (Fsp3) is 0.500. The summed E-state index contributed by atoms with van der Waals surface area (Å²) in [6, 6.07) is 0. The van der Waals surface area contributed by atoms with Gasteiger partial charge in [-0.15, -0.1) is 0 Å². The van der Waals surface area contributed by atoms with Gasteiger partial charge in [0.15, 0.2) is 4.98 Å². The van der Waals surface area contributed by atoms with Crippen molar-refractivity contribution < 1.29 is 9.84 Å². The van der Waals surface area contributed by atoms with Crippen LogP contribution in [0.15, 0.2) is 47.1 Å². The van der Waals surface area contributed by atoms with Crippen LogP contribution in [0.5, 0.6) is 0 Å². The van der Waals surface area contributed by atoms with E-state index < -0.39 is 0 Å². The molecule has 4 nitrogen and oxygen atoms in total. The zero-order valence-electron chi connectivity index (χ0n) is 12.9. The number of aliphatic hydroxyl groups is 1. The van der Waals surface area contributed by atoms with E-state index in [1.54, 1.807) is 0 Å². The van der Waals surface area contributed by atoms with E-state index in [1.807, 2.05) is 0 Å². The van der Waals surface area contributed by atoms with Crippen LogP contribution in [0.25, 0.3) is 4.98 Å². The number of hydrogen-bond acceptors (Lipinski definition) is 3. The van der Waals surface area contributed by atoms with Crippen molar-refractivity contribution in [3.63, 3.8) is 0 Å². The maximum atomic E-state index is 9.57. The van der Waals surface area contributed by atoms with Crippen LogP contribution < -0.4 is 0 Å². The van der Waals surface area contributed by atoms with Gasteiger partial charge >= 0.3 is 6.20 Å². The zero-order valence-corrected chi connectivity index (χ0v) is 12.9. The van der Waals surface area contributed by atoms with E-state index in [-0.39, 0.29) is 5.95 Å². The third kappa shape index (κ3) is 8.98. The Balaban J connectivity index is 4.40. The van der Waals surface area contributed by atoms with E-state index in [0.29, 0.717) is 12.0 Å². The second-order valence-corrected chi connectivity index (χ2v) is 4.88. The van der Waals surface area contributed by atoms with Crippen LogP contribution in [0.1, 0.15) is 46.5 Å². The summed E-state index contributed by atoms with van der Waals surface area (Å²) in [4.78, 5) is 2.89. The van der Waals surface area contributed by atoms with Gasteiger partial charge in [-0.05, 0) is 46.5 Å². The summed E-state index contributed by atoms with van der Waals surface area (Å²) in [5.74, 6) is -0.138. The molecule has 0 aromatic carbocycles. The molecule has 0 radical (unpaired) electrons. The molecule has 0 fully saturated rings. The monoisotopic (exact) mass is 277 g/mol. The number of methoxy groups -OCH3 is 1. The Labute approximate surface area is 121 Å². The Morgan fingerprint density at radius 1 is 1.15 bits per heavy atom. The predicted molar refractivity (Wildman–Crippen MR) is 82.5 cm³/mol. The summed E-state index contributed by atoms with van der Waals surface area (Å²) in [5.41, 5.74) is 3.28. The molecule has 0 atom stereocenters. The van der Waals surface area contributed by atoms with Gasteiger partial charge in [0, 0.05) is 11.6 Å². The summed E-state index contributed by atoms with van der Waals surface area (Å²) in [5, 5.41) is 18.0. The van der Waals surface area contributed by atoms with E-state index >= 15 is 0 Å². The number of ether oxygens (including phenoxy) is 1. The molecule has 0 spiro atoms. The average molecular weight is 277 g/mol. The minimum atomic E-state index is -0.138. The fourth-order valence-corrected chi connectivity index (χ4v) is 1.68. The first-order chi connectivity index (χ1) is 9.51. The summed E-state index contributed by atoms with van der Waals surface area (Å²) < 4.78 is 4.79. The Hall–Kier alpha value is -2.02. The van der Waals surface area contributed by atoms with Crippen molar-refractivity contribution >= 4 is 0 Å². The van der Waals surface area contributed by atoms with Crippen molar-refractivity contribution in [3.8, 4) is 0 Å². The van der Waals surface area contributed by atoms with Gasteiger partial charge in [-0.1, -0.05) is 23.3 Å². The third-order valence-corrected chi connectivity index (χ3v) is 2.81. The van der Waals surface area contributed by atoms with Gasteiger partial charge in [-0.25, -0.2) is 0 Å². The molecule has 0 saturated carbocycles. The highest BCUT2D eigenvalue weighted by Crippen LogP contribution is 2.15. The van der Waals surface area contributed by atoms with Gasteiger partial charge in [0.25, 0.3) is 5.95 Å². The topological polar surface area (TPSA) is 57.6 Å². The van der Waals surface area contributed by atoms with Crippen LogP contribution in [0.4, 0.5) is 0 Å². The van der Waals surface area contributed by atoms with E-state index in [1.165, 1.54) is 30.5 Å². The van der Waals surface area contributed by atoms with Crippen molar-refractivity contribution in [1.82, 2.24) is 0 Å². The lowest BCUT2D eigenvalue weighted by molar-refractivity contribution is 0.131. The average Bonchev–Trinajstić information content (AvgIpc) is 2.41. The Kier molecular flexibility index (Phi) is 9.76. The molecule has 0 aliphatic carbocycles. The molecule has 110 valence electrons. The SMILES string of the molecule is CO/C(O)=C(/C=C/[N+]#N)CC/C=C(\C)CCC=C(C)C. The highest BCUT2D eigenvalue weighted by atomic mass is 16.6. The van der Waals surface area contributed by atoms with Crippen molar-refractivity contribution in [2.24, 2.45) is 0 Å². The first-order valence-corrected chi connectivity index (χ1v) is 6.77. The standard InChI is InChI=1S/C16H24N2O2/c1-13(2)7-5-8-14(3)9-6-10-15(11-12-18-17)16(19)20-4/h7,9,11-12H,5-6,8,10H2,1-4H3/p+1/b12-11+,14-9+,16-15+. The van der Waals surface area contributed by atoms with Gasteiger partial charge in [-0.3, -0.25) is 0 Å². The third-order valence-electron chi connectivity index (χ3n) is 2.81. The largest absolute Gasteiger partial charge is 0.481 e. The first-order valence-electron chi connectivity index (χ1n) is 6.77. The molecular formula is C16H25N2O2+. The molecule has 0 aromatic rings. The minimum Gasteiger partial charge on any atom is -0.481 e. The Morgan fingerprint density at radius 2 is 1.80 bits per heavy atom. The number of nitrogens with zero attached hydrogens (tertiary/aromatic N) is 2. The van der Waals surface area contributed by atoms with Crippen molar-refractivity contribution in [3.05, 3.63) is 52.1 Å². The molecule has 0 aliphatic rings. The molecule has 20 heavy (non-hydrogen) atoms. The van der Waals surface area contributed by atoms with Gasteiger partial charge in [0.1, 0.15) is 0 Å². The molecular weight excluding hydrogens is 252 g/mol. The molecule has 0 unspecified atom stereocenters. The van der Waals surface area contributed by atoms with E-state index in [0.717, 1.165) is 19.3 Å². The summed E-state index contributed by atoms with van der Waals surface area (Å²) >= 11 is 0. The number of rotatable bonds is 8. The maximum absolute atomic E-state index is 9.57. The quantitative estimate of drug-likeness (QED) is 0.285. The number of hydrogen-bond donors (Lipinski definition) is 1. The van der Waals surface area contributed by atoms with Crippen molar-refractivity contribution in [2.75, 3.05) is 7.11 Å². The lowest BCUT2D eigenvalue weighted by atomic mass is 10.1. The normalized spacial score (nSPS) is 12.8. The molecule has 1 N–H and O–H groups in total. The van der Waals surface area contributed by atoms with Crippen LogP contribution in [0.3, 0.4) is 0 Å². The van der Waals surface area contributed by atoms with E-state index in [4.69, 9.17) is 10.1 Å². The smallest absolute Gasteiger partial charge is 0.351 e. The fourth-order valence-electron chi connectivity index (χ4n) is 1.68. The molecule has 0 bridgehead atoms. The molecule has 0 aliphatic heterocycles. The van der Waals surface area contributed by atoms with Gasteiger partial charge in [0.2, 0.25) is 5.39 Å². The Bertz CT molecular complexity index is 448. The summed E-state index contributed by atoms with van der Waals surface area (Å²) in [6.45, 7) is 6.31. The molecule has 4 heteroatoms. The molecule has 0 saturated heterocycles. The van der Waals surface area contributed by atoms with Gasteiger partial charge < -0.3 is 9.84 Å². The number of diazo groups is 1. The maximum Gasteiger partial charge on any atom is 0.351 e. The second kappa shape index (κ2) is 10.9. The molecule has 0 heterocycles. The Morgan fingerprint density at radius 3 is 2.35 bits per heavy atom.